The van der Waals surface area contributed by atoms with Crippen molar-refractivity contribution in [2.24, 2.45) is 5.92 Å². The fourth-order valence-electron chi connectivity index (χ4n) is 6.18. The molecule has 240 valence electrons. The van der Waals surface area contributed by atoms with E-state index in [1.807, 2.05) is 41.3 Å². The summed E-state index contributed by atoms with van der Waals surface area (Å²) in [4.78, 5) is 52.8. The van der Waals surface area contributed by atoms with Gasteiger partial charge in [-0.1, -0.05) is 32.0 Å². The Hall–Kier alpha value is -4.45. The molecule has 2 amide bonds. The first-order valence-corrected chi connectivity index (χ1v) is 15.7. The van der Waals surface area contributed by atoms with Gasteiger partial charge in [0.1, 0.15) is 5.75 Å². The number of hydrogen-bond acceptors (Lipinski definition) is 7. The Morgan fingerprint density at radius 3 is 2.31 bits per heavy atom. The van der Waals surface area contributed by atoms with Crippen LogP contribution in [-0.4, -0.2) is 84.8 Å². The molecule has 0 aliphatic carbocycles. The van der Waals surface area contributed by atoms with E-state index in [0.29, 0.717) is 43.0 Å². The lowest BCUT2D eigenvalue weighted by atomic mass is 9.93. The molecule has 3 aromatic rings. The quantitative estimate of drug-likeness (QED) is 0.269. The maximum absolute atomic E-state index is 13.2. The van der Waals surface area contributed by atoms with Gasteiger partial charge in [-0.25, -0.2) is 14.5 Å². The molecule has 0 spiro atoms. The van der Waals surface area contributed by atoms with Gasteiger partial charge in [0.25, 0.3) is 0 Å². The second-order valence-electron chi connectivity index (χ2n) is 12.4. The average molecular weight is 619 g/mol. The molecule has 1 aromatic heterocycles. The number of phenols is 1. The Morgan fingerprint density at radius 1 is 0.978 bits per heavy atom. The van der Waals surface area contributed by atoms with Crippen LogP contribution in [0.2, 0.25) is 0 Å². The van der Waals surface area contributed by atoms with Crippen LogP contribution in [0.5, 0.6) is 5.75 Å². The molecule has 0 atom stereocenters. The van der Waals surface area contributed by atoms with Crippen molar-refractivity contribution in [2.75, 3.05) is 26.2 Å². The van der Waals surface area contributed by atoms with Crippen LogP contribution in [-0.2, 0) is 20.9 Å². The highest BCUT2D eigenvalue weighted by Gasteiger charge is 2.31. The zero-order valence-corrected chi connectivity index (χ0v) is 25.9. The van der Waals surface area contributed by atoms with Crippen molar-refractivity contribution in [1.82, 2.24) is 29.9 Å². The number of nitrogens with zero attached hydrogens (tertiary/aromatic N) is 4. The minimum absolute atomic E-state index is 0.0117. The number of rotatable bonds is 10. The topological polar surface area (TPSA) is 161 Å². The zero-order valence-electron chi connectivity index (χ0n) is 25.9. The molecule has 2 saturated heterocycles. The van der Waals surface area contributed by atoms with Crippen LogP contribution in [0, 0.1) is 5.92 Å². The number of hydrogen-bond donors (Lipinski definition) is 4. The lowest BCUT2D eigenvalue weighted by molar-refractivity contribution is -0.140. The number of benzene rings is 2. The van der Waals surface area contributed by atoms with Gasteiger partial charge in [-0.15, -0.1) is 0 Å². The zero-order chi connectivity index (χ0) is 32.1. The molecule has 0 radical (unpaired) electrons. The van der Waals surface area contributed by atoms with Gasteiger partial charge in [0, 0.05) is 38.0 Å². The van der Waals surface area contributed by atoms with Gasteiger partial charge in [0.2, 0.25) is 11.8 Å². The van der Waals surface area contributed by atoms with Crippen LogP contribution >= 0.6 is 0 Å². The van der Waals surface area contributed by atoms with Crippen molar-refractivity contribution in [3.05, 3.63) is 64.1 Å². The molecule has 3 heterocycles. The fourth-order valence-corrected chi connectivity index (χ4v) is 6.18. The van der Waals surface area contributed by atoms with Crippen LogP contribution < -0.4 is 11.0 Å². The molecule has 45 heavy (non-hydrogen) atoms. The van der Waals surface area contributed by atoms with Crippen LogP contribution in [0.1, 0.15) is 69.4 Å². The molecule has 12 heteroatoms. The Kier molecular flexibility index (Phi) is 10.0. The van der Waals surface area contributed by atoms with E-state index in [9.17, 15) is 24.3 Å². The summed E-state index contributed by atoms with van der Waals surface area (Å²) in [5.41, 5.74) is 2.88. The van der Waals surface area contributed by atoms with Crippen molar-refractivity contribution in [3.63, 3.8) is 0 Å². The van der Waals surface area contributed by atoms with E-state index in [4.69, 9.17) is 5.11 Å². The monoisotopic (exact) mass is 618 g/mol. The largest absolute Gasteiger partial charge is 0.507 e. The molecule has 2 aliphatic heterocycles. The number of carboxylic acid groups (broad SMARTS) is 1. The molecular formula is C33H42N6O6. The van der Waals surface area contributed by atoms with E-state index in [2.05, 4.69) is 34.3 Å². The van der Waals surface area contributed by atoms with Crippen molar-refractivity contribution in [2.45, 2.75) is 70.9 Å². The highest BCUT2D eigenvalue weighted by Crippen LogP contribution is 2.32. The number of aliphatic carboxylic acids is 1. The summed E-state index contributed by atoms with van der Waals surface area (Å²) >= 11 is 0. The Bertz CT molecular complexity index is 1560. The maximum atomic E-state index is 13.2. The summed E-state index contributed by atoms with van der Waals surface area (Å²) in [5.74, 6) is -0.410. The highest BCUT2D eigenvalue weighted by atomic mass is 16.4. The first-order valence-electron chi connectivity index (χ1n) is 15.7. The summed E-state index contributed by atoms with van der Waals surface area (Å²) in [6, 6.07) is 13.1. The summed E-state index contributed by atoms with van der Waals surface area (Å²) in [5, 5.41) is 28.9. The predicted octanol–water partition coefficient (Wildman–Crippen LogP) is 3.24. The average Bonchev–Trinajstić information content (AvgIpc) is 3.41. The van der Waals surface area contributed by atoms with E-state index in [1.54, 1.807) is 6.07 Å². The summed E-state index contributed by atoms with van der Waals surface area (Å²) in [7, 11) is 0. The minimum atomic E-state index is -0.988. The number of aromatic hydroxyl groups is 1. The number of amides is 2. The van der Waals surface area contributed by atoms with E-state index in [1.165, 1.54) is 4.57 Å². The van der Waals surface area contributed by atoms with Crippen LogP contribution in [0.4, 0.5) is 0 Å². The number of aromatic nitrogens is 3. The van der Waals surface area contributed by atoms with E-state index in [-0.39, 0.29) is 54.0 Å². The highest BCUT2D eigenvalue weighted by molar-refractivity contribution is 5.81. The molecule has 2 fully saturated rings. The SMILES string of the molecule is CC(C)c1ccc(O)c(-c2n[nH]c(=O)n2-c2ccc(CN3CCC(C(=O)N4CCC(NC(=O)CCC(=O)O)CC4)CC3)cc2)c1. The molecule has 0 bridgehead atoms. The molecule has 2 aliphatic rings. The van der Waals surface area contributed by atoms with E-state index >= 15 is 0 Å². The number of phenolic OH excluding ortho intramolecular Hbond substituents is 1. The van der Waals surface area contributed by atoms with Crippen molar-refractivity contribution < 1.29 is 24.6 Å². The summed E-state index contributed by atoms with van der Waals surface area (Å²) < 4.78 is 1.47. The molecule has 0 unspecified atom stereocenters. The molecule has 0 saturated carbocycles. The number of piperidine rings is 2. The normalized spacial score (nSPS) is 16.6. The number of aromatic amines is 1. The van der Waals surface area contributed by atoms with Crippen molar-refractivity contribution >= 4 is 17.8 Å². The number of H-pyrrole nitrogens is 1. The second kappa shape index (κ2) is 14.1. The second-order valence-corrected chi connectivity index (χ2v) is 12.4. The molecular weight excluding hydrogens is 576 g/mol. The summed E-state index contributed by atoms with van der Waals surface area (Å²) in [6.07, 6.45) is 2.72. The summed E-state index contributed by atoms with van der Waals surface area (Å²) in [6.45, 7) is 7.68. The Labute approximate surface area is 262 Å². The van der Waals surface area contributed by atoms with Crippen LogP contribution in [0.3, 0.4) is 0 Å². The smallest absolute Gasteiger partial charge is 0.348 e. The van der Waals surface area contributed by atoms with Gasteiger partial charge in [-0.3, -0.25) is 19.3 Å². The van der Waals surface area contributed by atoms with Crippen LogP contribution in [0.15, 0.2) is 47.3 Å². The van der Waals surface area contributed by atoms with Gasteiger partial charge >= 0.3 is 11.7 Å². The number of carbonyl (C=O) groups excluding carboxylic acids is 2. The number of likely N-dealkylation sites (tertiary alicyclic amines) is 2. The predicted molar refractivity (Wildman–Crippen MR) is 168 cm³/mol. The van der Waals surface area contributed by atoms with Gasteiger partial charge in [-0.05, 0) is 80.1 Å². The molecule has 5 rings (SSSR count). The van der Waals surface area contributed by atoms with E-state index in [0.717, 1.165) is 43.6 Å². The number of nitrogens with one attached hydrogen (secondary N) is 2. The van der Waals surface area contributed by atoms with Crippen molar-refractivity contribution in [3.8, 4) is 22.8 Å². The first kappa shape index (κ1) is 32.0. The molecule has 2 aromatic carbocycles. The minimum Gasteiger partial charge on any atom is -0.507 e. The molecule has 4 N–H and O–H groups in total. The van der Waals surface area contributed by atoms with Crippen molar-refractivity contribution in [1.29, 1.82) is 0 Å². The number of carbonyl (C=O) groups is 3. The third-order valence-electron chi connectivity index (χ3n) is 8.88. The maximum Gasteiger partial charge on any atom is 0.348 e. The van der Waals surface area contributed by atoms with E-state index < -0.39 is 5.97 Å². The van der Waals surface area contributed by atoms with Gasteiger partial charge in [-0.2, -0.15) is 5.10 Å². The van der Waals surface area contributed by atoms with Crippen LogP contribution in [0.25, 0.3) is 17.1 Å². The first-order chi connectivity index (χ1) is 21.6. The third kappa shape index (κ3) is 7.80. The lowest BCUT2D eigenvalue weighted by Gasteiger charge is -2.37. The lowest BCUT2D eigenvalue weighted by Crippen LogP contribution is -2.49. The Balaban J connectivity index is 1.12. The molecule has 12 nitrogen and oxygen atoms in total. The third-order valence-corrected chi connectivity index (χ3v) is 8.88. The standard InChI is InChI=1S/C33H42N6O6/c1-21(2)24-5-8-28(40)27(19-24)31-35-36-33(45)39(31)26-6-3-22(4-7-26)20-37-15-11-23(12-16-37)32(44)38-17-13-25(14-18-38)34-29(41)9-10-30(42)43/h3-8,19,21,23,25,40H,9-18,20H2,1-2H3,(H,34,41)(H,36,45)(H,42,43). The van der Waals surface area contributed by atoms with Gasteiger partial charge < -0.3 is 20.4 Å². The fraction of sp³-hybridized carbons (Fsp3) is 0.485. The Morgan fingerprint density at radius 2 is 1.67 bits per heavy atom. The van der Waals surface area contributed by atoms with Gasteiger partial charge in [0.15, 0.2) is 5.82 Å². The van der Waals surface area contributed by atoms with Gasteiger partial charge in [0.05, 0.1) is 17.7 Å². The number of carboxylic acids is 1.